The molecule has 14 nitrogen and oxygen atoms in total. The SMILES string of the molecule is C=C[C@@H]1CC1(NC(=O)[C@@H]1C[C@@H]2CN1C(=O)[C@H](C(C)(C)C)NC(=O)OCCCCCc1ccc3ncnc(c3c1)O2)C(=O)NS(=O)(=O)C1CC1. The van der Waals surface area contributed by atoms with Crippen LogP contribution in [0.25, 0.3) is 10.9 Å². The van der Waals surface area contributed by atoms with E-state index in [1.165, 1.54) is 17.3 Å². The molecule has 4 amide bonds. The number of cyclic esters (lactones) is 1. The van der Waals surface area contributed by atoms with Gasteiger partial charge in [0.25, 0.3) is 5.91 Å². The lowest BCUT2D eigenvalue weighted by Gasteiger charge is -2.35. The summed E-state index contributed by atoms with van der Waals surface area (Å²) in [6.45, 7) is 9.31. The lowest BCUT2D eigenvalue weighted by Crippen LogP contribution is -2.60. The van der Waals surface area contributed by atoms with Crippen molar-refractivity contribution in [1.29, 1.82) is 0 Å². The van der Waals surface area contributed by atoms with E-state index in [2.05, 4.69) is 31.9 Å². The third kappa shape index (κ3) is 7.36. The van der Waals surface area contributed by atoms with Gasteiger partial charge in [-0.25, -0.2) is 23.2 Å². The molecule has 0 radical (unpaired) electrons. The lowest BCUT2D eigenvalue weighted by atomic mass is 9.85. The number of ether oxygens (including phenoxy) is 2. The first-order valence-corrected chi connectivity index (χ1v) is 18.4. The monoisotopic (exact) mass is 696 g/mol. The summed E-state index contributed by atoms with van der Waals surface area (Å²) in [5.74, 6) is -2.21. The number of hydrogen-bond acceptors (Lipinski definition) is 10. The van der Waals surface area contributed by atoms with Gasteiger partial charge in [-0.15, -0.1) is 6.58 Å². The Morgan fingerprint density at radius 2 is 1.92 bits per heavy atom. The molecule has 0 spiro atoms. The number of hydrogen-bond donors (Lipinski definition) is 3. The number of carbonyl (C=O) groups is 4. The van der Waals surface area contributed by atoms with Gasteiger partial charge < -0.3 is 25.0 Å². The van der Waals surface area contributed by atoms with E-state index in [-0.39, 0.29) is 26.0 Å². The number of sulfonamides is 1. The zero-order valence-electron chi connectivity index (χ0n) is 28.1. The molecule has 3 fully saturated rings. The Kier molecular flexibility index (Phi) is 9.33. The first-order valence-electron chi connectivity index (χ1n) is 16.9. The third-order valence-corrected chi connectivity index (χ3v) is 11.6. The minimum Gasteiger partial charge on any atom is -0.472 e. The molecule has 3 N–H and O–H groups in total. The van der Waals surface area contributed by atoms with E-state index < -0.39 is 74.1 Å². The molecular formula is C34H44N6O8S. The number of nitrogens with zero attached hydrogens (tertiary/aromatic N) is 3. The second-order valence-corrected chi connectivity index (χ2v) is 16.5. The van der Waals surface area contributed by atoms with Crippen LogP contribution in [0.1, 0.15) is 71.3 Å². The first kappa shape index (κ1) is 34.6. The van der Waals surface area contributed by atoms with E-state index >= 15 is 0 Å². The molecule has 2 aliphatic heterocycles. The number of alkyl carbamates (subject to hydrolysis) is 1. The van der Waals surface area contributed by atoms with Gasteiger partial charge in [0.15, 0.2) is 0 Å². The molecule has 4 bridgehead atoms. The van der Waals surface area contributed by atoms with Crippen LogP contribution < -0.4 is 20.1 Å². The van der Waals surface area contributed by atoms with E-state index in [0.717, 1.165) is 24.8 Å². The number of nitrogens with one attached hydrogen (secondary N) is 3. The van der Waals surface area contributed by atoms with Crippen LogP contribution in [-0.4, -0.2) is 89.2 Å². The van der Waals surface area contributed by atoms with Crippen molar-refractivity contribution in [1.82, 2.24) is 30.2 Å². The molecule has 1 unspecified atom stereocenters. The number of rotatable bonds is 6. The van der Waals surface area contributed by atoms with Crippen molar-refractivity contribution in [3.05, 3.63) is 42.7 Å². The predicted molar refractivity (Wildman–Crippen MR) is 179 cm³/mol. The van der Waals surface area contributed by atoms with E-state index in [1.807, 2.05) is 18.2 Å². The number of fused-ring (bicyclic) bond motifs is 3. The Labute approximate surface area is 285 Å². The quantitative estimate of drug-likeness (QED) is 0.379. The second-order valence-electron chi connectivity index (χ2n) is 14.6. The van der Waals surface area contributed by atoms with Crippen LogP contribution in [0, 0.1) is 11.3 Å². The maximum atomic E-state index is 14.4. The molecule has 2 aliphatic carbocycles. The molecule has 49 heavy (non-hydrogen) atoms. The highest BCUT2D eigenvalue weighted by atomic mass is 32.2. The molecule has 5 atom stereocenters. The summed E-state index contributed by atoms with van der Waals surface area (Å²) in [4.78, 5) is 65.0. The Balaban J connectivity index is 1.32. The van der Waals surface area contributed by atoms with Crippen LogP contribution in [0.15, 0.2) is 37.2 Å². The van der Waals surface area contributed by atoms with Crippen LogP contribution in [0.5, 0.6) is 5.88 Å². The highest BCUT2D eigenvalue weighted by molar-refractivity contribution is 7.91. The summed E-state index contributed by atoms with van der Waals surface area (Å²) in [6.07, 6.45) is 5.73. The number of carbonyl (C=O) groups excluding carboxylic acids is 4. The highest BCUT2D eigenvalue weighted by Crippen LogP contribution is 2.45. The standard InChI is InChI=1S/C34H44N6O8S/c1-5-21-17-34(21,31(43)39-49(45,46)23-11-12-23)38-28(41)26-16-22-18-40(26)30(42)27(33(2,3)4)37-32(44)47-14-8-6-7-9-20-10-13-25-24(15-20)29(48-22)36-19-35-25/h5,10,13,15,19,21-23,26-27H,1,6-9,11-12,14,16-18H2,2-4H3,(H,37,44)(H,38,41)(H,39,43)/t21-,22-,26+,27-,34?/m1/s1. The van der Waals surface area contributed by atoms with Crippen molar-refractivity contribution in [2.24, 2.45) is 11.3 Å². The van der Waals surface area contributed by atoms with Crippen LogP contribution in [0.3, 0.4) is 0 Å². The largest absolute Gasteiger partial charge is 0.472 e. The van der Waals surface area contributed by atoms with Gasteiger partial charge in [-0.3, -0.25) is 19.1 Å². The van der Waals surface area contributed by atoms with Crippen LogP contribution in [-0.2, 0) is 35.6 Å². The molecular weight excluding hydrogens is 652 g/mol. The molecule has 2 aromatic rings. The van der Waals surface area contributed by atoms with Crippen LogP contribution in [0.2, 0.25) is 0 Å². The fourth-order valence-corrected chi connectivity index (χ4v) is 7.99. The normalized spacial score (nSPS) is 28.0. The van der Waals surface area contributed by atoms with E-state index in [9.17, 15) is 27.6 Å². The fraction of sp³-hybridized carbons (Fsp3) is 0.588. The van der Waals surface area contributed by atoms with Crippen molar-refractivity contribution in [2.45, 2.75) is 101 Å². The van der Waals surface area contributed by atoms with E-state index in [4.69, 9.17) is 9.47 Å². The molecule has 15 heteroatoms. The van der Waals surface area contributed by atoms with Gasteiger partial charge in [0.2, 0.25) is 27.7 Å². The van der Waals surface area contributed by atoms with Gasteiger partial charge in [-0.1, -0.05) is 32.9 Å². The topological polar surface area (TPSA) is 186 Å². The third-order valence-electron chi connectivity index (χ3n) is 9.76. The molecule has 1 aromatic heterocycles. The minimum atomic E-state index is -3.88. The predicted octanol–water partition coefficient (Wildman–Crippen LogP) is 2.51. The van der Waals surface area contributed by atoms with Gasteiger partial charge >= 0.3 is 6.09 Å². The maximum Gasteiger partial charge on any atom is 0.407 e. The summed E-state index contributed by atoms with van der Waals surface area (Å²) in [5, 5.41) is 5.58. The second kappa shape index (κ2) is 13.2. The Morgan fingerprint density at radius 1 is 1.14 bits per heavy atom. The van der Waals surface area contributed by atoms with Gasteiger partial charge in [-0.2, -0.15) is 0 Å². The smallest absolute Gasteiger partial charge is 0.407 e. The van der Waals surface area contributed by atoms with Crippen molar-refractivity contribution in [2.75, 3.05) is 13.2 Å². The summed E-state index contributed by atoms with van der Waals surface area (Å²) in [7, 11) is -3.88. The average Bonchev–Trinajstić information content (AvgIpc) is 3.97. The zero-order chi connectivity index (χ0) is 35.1. The first-order chi connectivity index (χ1) is 23.2. The Bertz CT molecular complexity index is 1770. The Morgan fingerprint density at radius 3 is 2.61 bits per heavy atom. The van der Waals surface area contributed by atoms with Crippen molar-refractivity contribution in [3.8, 4) is 5.88 Å². The summed E-state index contributed by atoms with van der Waals surface area (Å²) >= 11 is 0. The fourth-order valence-electron chi connectivity index (χ4n) is 6.63. The molecule has 1 aromatic carbocycles. The van der Waals surface area contributed by atoms with Crippen molar-refractivity contribution < 1.29 is 37.1 Å². The zero-order valence-corrected chi connectivity index (χ0v) is 28.9. The Hall–Kier alpha value is -4.27. The summed E-state index contributed by atoms with van der Waals surface area (Å²) < 4.78 is 39.3. The summed E-state index contributed by atoms with van der Waals surface area (Å²) in [5.41, 5.74) is -0.566. The molecule has 264 valence electrons. The van der Waals surface area contributed by atoms with Crippen molar-refractivity contribution in [3.63, 3.8) is 0 Å². The van der Waals surface area contributed by atoms with Crippen LogP contribution in [0.4, 0.5) is 4.79 Å². The summed E-state index contributed by atoms with van der Waals surface area (Å²) in [6, 6.07) is 3.69. The number of aromatic nitrogens is 2. The van der Waals surface area contributed by atoms with Crippen molar-refractivity contribution >= 4 is 44.7 Å². The average molecular weight is 697 g/mol. The number of aryl methyl sites for hydroxylation is 1. The van der Waals surface area contributed by atoms with Gasteiger partial charge in [0.05, 0.1) is 29.3 Å². The molecule has 3 heterocycles. The van der Waals surface area contributed by atoms with Gasteiger partial charge in [-0.05, 0) is 68.1 Å². The molecule has 1 saturated heterocycles. The molecule has 4 aliphatic rings. The van der Waals surface area contributed by atoms with E-state index in [0.29, 0.717) is 36.0 Å². The number of benzene rings is 1. The number of amides is 4. The van der Waals surface area contributed by atoms with E-state index in [1.54, 1.807) is 20.8 Å². The highest BCUT2D eigenvalue weighted by Gasteiger charge is 2.62. The lowest BCUT2D eigenvalue weighted by molar-refractivity contribution is -0.142. The maximum absolute atomic E-state index is 14.4. The molecule has 6 rings (SSSR count). The molecule has 2 saturated carbocycles. The minimum absolute atomic E-state index is 0.0223. The van der Waals surface area contributed by atoms with Crippen LogP contribution >= 0.6 is 0 Å². The van der Waals surface area contributed by atoms with Gasteiger partial charge in [0, 0.05) is 12.3 Å². The van der Waals surface area contributed by atoms with Gasteiger partial charge in [0.1, 0.15) is 30.1 Å².